The highest BCUT2D eigenvalue weighted by molar-refractivity contribution is 6.30. The van der Waals surface area contributed by atoms with Gasteiger partial charge in [-0.15, -0.1) is 0 Å². The largest absolute Gasteiger partial charge is 0.370 e. The summed E-state index contributed by atoms with van der Waals surface area (Å²) in [5.74, 6) is 4.10. The molecule has 1 aromatic carbocycles. The third kappa shape index (κ3) is 2.57. The maximum atomic E-state index is 6.14. The van der Waals surface area contributed by atoms with Gasteiger partial charge in [0.1, 0.15) is 5.82 Å². The number of aromatic nitrogens is 2. The van der Waals surface area contributed by atoms with Gasteiger partial charge in [0.2, 0.25) is 0 Å². The van der Waals surface area contributed by atoms with Crippen LogP contribution in [0, 0.1) is 17.8 Å². The summed E-state index contributed by atoms with van der Waals surface area (Å²) < 4.78 is 2.19. The molecule has 2 heterocycles. The molecule has 7 rings (SSSR count). The van der Waals surface area contributed by atoms with Crippen molar-refractivity contribution in [2.45, 2.75) is 63.2 Å². The maximum Gasteiger partial charge on any atom is 0.133 e. The quantitative estimate of drug-likeness (QED) is 0.718. The van der Waals surface area contributed by atoms with Crippen molar-refractivity contribution in [2.24, 2.45) is 17.8 Å². The Bertz CT molecular complexity index is 831. The van der Waals surface area contributed by atoms with E-state index in [9.17, 15) is 0 Å². The van der Waals surface area contributed by atoms with Crippen molar-refractivity contribution in [3.8, 4) is 5.69 Å². The fourth-order valence-electron chi connectivity index (χ4n) is 7.10. The highest BCUT2D eigenvalue weighted by Gasteiger charge is 2.53. The van der Waals surface area contributed by atoms with Crippen LogP contribution in [0.1, 0.15) is 62.6 Å². The third-order valence-corrected chi connectivity index (χ3v) is 7.99. The highest BCUT2D eigenvalue weighted by atomic mass is 35.5. The molecule has 4 saturated carbocycles. The molecule has 27 heavy (non-hydrogen) atoms. The zero-order valence-corrected chi connectivity index (χ0v) is 16.6. The summed E-state index contributed by atoms with van der Waals surface area (Å²) >= 11 is 6.14. The van der Waals surface area contributed by atoms with Crippen LogP contribution in [0.2, 0.25) is 5.02 Å². The molecule has 2 aromatic rings. The van der Waals surface area contributed by atoms with Crippen LogP contribution in [0.5, 0.6) is 0 Å². The molecule has 0 atom stereocenters. The second-order valence-electron chi connectivity index (χ2n) is 9.65. The van der Waals surface area contributed by atoms with E-state index in [0.717, 1.165) is 35.0 Å². The lowest BCUT2D eigenvalue weighted by Gasteiger charge is -2.56. The fraction of sp³-hybridized carbons (Fsp3) is 0.609. The van der Waals surface area contributed by atoms with E-state index in [4.69, 9.17) is 16.7 Å². The molecule has 142 valence electrons. The molecule has 0 spiro atoms. The molecule has 5 aliphatic rings. The van der Waals surface area contributed by atoms with E-state index in [-0.39, 0.29) is 0 Å². The van der Waals surface area contributed by atoms with Crippen LogP contribution < -0.4 is 5.32 Å². The summed E-state index contributed by atoms with van der Waals surface area (Å²) in [6.07, 6.45) is 12.3. The number of nitrogens with zero attached hydrogens (tertiary/aromatic N) is 2. The molecule has 1 aliphatic heterocycles. The summed E-state index contributed by atoms with van der Waals surface area (Å²) in [5, 5.41) is 9.84. The van der Waals surface area contributed by atoms with Crippen molar-refractivity contribution in [1.29, 1.82) is 0 Å². The predicted octanol–water partition coefficient (Wildman–Crippen LogP) is 5.74. The van der Waals surface area contributed by atoms with Gasteiger partial charge in [-0.2, -0.15) is 5.10 Å². The molecule has 0 radical (unpaired) electrons. The monoisotopic (exact) mass is 381 g/mol. The standard InChI is InChI=1S/C23H28ClN3/c24-18-4-6-19(7-5-18)27-22-20(3-1-2-8-25-22)21(26-27)23-12-15-9-16(13-23)11-17(10-15)14-23/h4-7,15-17,25H,1-3,8-14H2. The van der Waals surface area contributed by atoms with E-state index in [2.05, 4.69) is 22.1 Å². The molecule has 4 bridgehead atoms. The van der Waals surface area contributed by atoms with E-state index < -0.39 is 0 Å². The lowest BCUT2D eigenvalue weighted by molar-refractivity contribution is -0.00773. The number of rotatable bonds is 2. The summed E-state index contributed by atoms with van der Waals surface area (Å²) in [6.45, 7) is 1.05. The SMILES string of the molecule is Clc1ccc(-n2nc(C34CC5CC(CC(C5)C3)C4)c3c2NCCCC3)cc1. The number of nitrogens with one attached hydrogen (secondary N) is 1. The molecule has 3 nitrogen and oxygen atoms in total. The van der Waals surface area contributed by atoms with Gasteiger partial charge in [-0.25, -0.2) is 4.68 Å². The Labute approximate surface area is 166 Å². The Morgan fingerprint density at radius 2 is 1.63 bits per heavy atom. The Morgan fingerprint density at radius 1 is 0.963 bits per heavy atom. The smallest absolute Gasteiger partial charge is 0.133 e. The molecule has 1 aromatic heterocycles. The number of anilines is 1. The van der Waals surface area contributed by atoms with Crippen molar-refractivity contribution in [2.75, 3.05) is 11.9 Å². The molecule has 0 amide bonds. The van der Waals surface area contributed by atoms with Crippen LogP contribution in [0.15, 0.2) is 24.3 Å². The summed E-state index contributed by atoms with van der Waals surface area (Å²) in [6, 6.07) is 8.16. The number of fused-ring (bicyclic) bond motifs is 1. The van der Waals surface area contributed by atoms with Crippen LogP contribution in [-0.4, -0.2) is 16.3 Å². The Kier molecular flexibility index (Phi) is 3.66. The zero-order chi connectivity index (χ0) is 18.0. The van der Waals surface area contributed by atoms with Crippen molar-refractivity contribution in [1.82, 2.24) is 9.78 Å². The van der Waals surface area contributed by atoms with Crippen LogP contribution >= 0.6 is 11.6 Å². The van der Waals surface area contributed by atoms with Crippen molar-refractivity contribution >= 4 is 17.4 Å². The van der Waals surface area contributed by atoms with Crippen molar-refractivity contribution in [3.05, 3.63) is 40.5 Å². The number of hydrogen-bond donors (Lipinski definition) is 1. The van der Waals surface area contributed by atoms with E-state index >= 15 is 0 Å². The zero-order valence-electron chi connectivity index (χ0n) is 15.9. The number of halogens is 1. The molecule has 4 heteroatoms. The van der Waals surface area contributed by atoms with Crippen LogP contribution in [0.3, 0.4) is 0 Å². The van der Waals surface area contributed by atoms with Gasteiger partial charge >= 0.3 is 0 Å². The molecule has 4 fully saturated rings. The van der Waals surface area contributed by atoms with Gasteiger partial charge in [-0.1, -0.05) is 11.6 Å². The highest BCUT2D eigenvalue weighted by Crippen LogP contribution is 2.61. The fourth-order valence-corrected chi connectivity index (χ4v) is 7.22. The second kappa shape index (κ2) is 6.01. The normalized spacial score (nSPS) is 34.2. The molecular formula is C23H28ClN3. The minimum atomic E-state index is 0.350. The Morgan fingerprint density at radius 3 is 2.30 bits per heavy atom. The van der Waals surface area contributed by atoms with E-state index in [1.54, 1.807) is 0 Å². The van der Waals surface area contributed by atoms with Crippen molar-refractivity contribution in [3.63, 3.8) is 0 Å². The van der Waals surface area contributed by atoms with Gasteiger partial charge in [-0.05, 0) is 99.8 Å². The summed E-state index contributed by atoms with van der Waals surface area (Å²) in [4.78, 5) is 0. The molecular weight excluding hydrogens is 354 g/mol. The van der Waals surface area contributed by atoms with Gasteiger partial charge in [0.15, 0.2) is 0 Å². The van der Waals surface area contributed by atoms with Crippen LogP contribution in [-0.2, 0) is 11.8 Å². The lowest BCUT2D eigenvalue weighted by Crippen LogP contribution is -2.49. The van der Waals surface area contributed by atoms with E-state index in [0.29, 0.717) is 5.41 Å². The third-order valence-electron chi connectivity index (χ3n) is 7.74. The van der Waals surface area contributed by atoms with Gasteiger partial charge in [0, 0.05) is 22.5 Å². The van der Waals surface area contributed by atoms with Crippen LogP contribution in [0.4, 0.5) is 5.82 Å². The average molecular weight is 382 g/mol. The van der Waals surface area contributed by atoms with Gasteiger partial charge < -0.3 is 5.32 Å². The predicted molar refractivity (Wildman–Crippen MR) is 110 cm³/mol. The van der Waals surface area contributed by atoms with E-state index in [1.807, 2.05) is 12.1 Å². The number of hydrogen-bond acceptors (Lipinski definition) is 2. The Hall–Kier alpha value is -1.48. The van der Waals surface area contributed by atoms with Gasteiger partial charge in [-0.3, -0.25) is 0 Å². The Balaban J connectivity index is 1.50. The summed E-state index contributed by atoms with van der Waals surface area (Å²) in [7, 11) is 0. The first kappa shape index (κ1) is 16.5. The molecule has 1 N–H and O–H groups in total. The van der Waals surface area contributed by atoms with Gasteiger partial charge in [0.25, 0.3) is 0 Å². The molecule has 4 aliphatic carbocycles. The second-order valence-corrected chi connectivity index (χ2v) is 10.1. The number of benzene rings is 1. The average Bonchev–Trinajstić information content (AvgIpc) is 2.84. The molecule has 0 saturated heterocycles. The van der Waals surface area contributed by atoms with Gasteiger partial charge in [0.05, 0.1) is 11.4 Å². The summed E-state index contributed by atoms with van der Waals surface area (Å²) in [5.41, 5.74) is 4.44. The minimum absolute atomic E-state index is 0.350. The topological polar surface area (TPSA) is 29.9 Å². The lowest BCUT2D eigenvalue weighted by atomic mass is 9.48. The minimum Gasteiger partial charge on any atom is -0.370 e. The molecule has 0 unspecified atom stereocenters. The maximum absolute atomic E-state index is 6.14. The van der Waals surface area contributed by atoms with Crippen LogP contribution in [0.25, 0.3) is 5.69 Å². The van der Waals surface area contributed by atoms with E-state index in [1.165, 1.54) is 74.9 Å². The first-order valence-electron chi connectivity index (χ1n) is 10.8. The first-order chi connectivity index (χ1) is 13.2. The first-order valence-corrected chi connectivity index (χ1v) is 11.2. The van der Waals surface area contributed by atoms with Crippen molar-refractivity contribution < 1.29 is 0 Å².